The molecular weight excluding hydrogens is 341 g/mol. The lowest BCUT2D eigenvalue weighted by Gasteiger charge is -2.18. The van der Waals surface area contributed by atoms with Crippen LogP contribution in [0.15, 0.2) is 41.0 Å². The lowest BCUT2D eigenvalue weighted by Crippen LogP contribution is -2.12. The number of nitrogens with zero attached hydrogens (tertiary/aromatic N) is 2. The second-order valence-corrected chi connectivity index (χ2v) is 5.28. The van der Waals surface area contributed by atoms with Gasteiger partial charge < -0.3 is 5.32 Å². The molecule has 0 aliphatic carbocycles. The van der Waals surface area contributed by atoms with Gasteiger partial charge in [0.1, 0.15) is 5.82 Å². The van der Waals surface area contributed by atoms with E-state index in [4.69, 9.17) is 0 Å². The number of benzene rings is 1. The van der Waals surface area contributed by atoms with Crippen molar-refractivity contribution in [2.45, 2.75) is 19.4 Å². The molecule has 110 valence electrons. The van der Waals surface area contributed by atoms with E-state index in [0.717, 1.165) is 6.20 Å². The van der Waals surface area contributed by atoms with Gasteiger partial charge in [0, 0.05) is 16.6 Å². The number of nitro benzene ring substituents is 1. The Morgan fingerprint density at radius 2 is 2.19 bits per heavy atom. The molecule has 1 heterocycles. The molecule has 0 fully saturated rings. The molecule has 0 amide bonds. The summed E-state index contributed by atoms with van der Waals surface area (Å²) < 4.78 is 13.6. The fraction of sp³-hybridized carbons (Fsp3) is 0.214. The second kappa shape index (κ2) is 6.62. The summed E-state index contributed by atoms with van der Waals surface area (Å²) in [4.78, 5) is 14.4. The van der Waals surface area contributed by atoms with E-state index in [-0.39, 0.29) is 11.7 Å². The van der Waals surface area contributed by atoms with Crippen LogP contribution in [0.1, 0.15) is 25.1 Å². The number of nitro groups is 1. The van der Waals surface area contributed by atoms with Crippen molar-refractivity contribution >= 4 is 27.3 Å². The van der Waals surface area contributed by atoms with Crippen LogP contribution in [0.2, 0.25) is 0 Å². The first-order valence-electron chi connectivity index (χ1n) is 6.33. The van der Waals surface area contributed by atoms with E-state index in [0.29, 0.717) is 22.3 Å². The zero-order valence-corrected chi connectivity index (χ0v) is 12.8. The Kier molecular flexibility index (Phi) is 4.85. The first-order chi connectivity index (χ1) is 10.0. The van der Waals surface area contributed by atoms with E-state index < -0.39 is 10.7 Å². The zero-order valence-electron chi connectivity index (χ0n) is 11.2. The Morgan fingerprint density at radius 1 is 1.43 bits per heavy atom. The van der Waals surface area contributed by atoms with Gasteiger partial charge in [0.2, 0.25) is 0 Å². The predicted molar refractivity (Wildman–Crippen MR) is 81.6 cm³/mol. The van der Waals surface area contributed by atoms with Crippen LogP contribution in [0.5, 0.6) is 0 Å². The predicted octanol–water partition coefficient (Wildman–Crippen LogP) is 4.45. The van der Waals surface area contributed by atoms with E-state index >= 15 is 0 Å². The number of aromatic nitrogens is 1. The highest BCUT2D eigenvalue weighted by atomic mass is 79.9. The van der Waals surface area contributed by atoms with Crippen LogP contribution in [0.4, 0.5) is 15.8 Å². The van der Waals surface area contributed by atoms with E-state index in [1.807, 2.05) is 6.92 Å². The van der Waals surface area contributed by atoms with Crippen molar-refractivity contribution < 1.29 is 9.31 Å². The lowest BCUT2D eigenvalue weighted by atomic mass is 10.1. The van der Waals surface area contributed by atoms with Gasteiger partial charge in [-0.2, -0.15) is 0 Å². The first-order valence-corrected chi connectivity index (χ1v) is 7.12. The van der Waals surface area contributed by atoms with Gasteiger partial charge in [-0.1, -0.05) is 6.92 Å². The molecule has 0 aliphatic rings. The monoisotopic (exact) mass is 353 g/mol. The molecule has 1 aromatic carbocycles. The van der Waals surface area contributed by atoms with Gasteiger partial charge in [0.15, 0.2) is 0 Å². The van der Waals surface area contributed by atoms with Crippen LogP contribution in [0, 0.1) is 15.9 Å². The van der Waals surface area contributed by atoms with E-state index in [1.54, 1.807) is 12.1 Å². The molecule has 1 atom stereocenters. The van der Waals surface area contributed by atoms with Crippen LogP contribution < -0.4 is 5.32 Å². The summed E-state index contributed by atoms with van der Waals surface area (Å²) in [6, 6.07) is 7.27. The maximum absolute atomic E-state index is 12.9. The fourth-order valence-electron chi connectivity index (χ4n) is 1.90. The highest BCUT2D eigenvalue weighted by Crippen LogP contribution is 2.30. The van der Waals surface area contributed by atoms with Crippen LogP contribution in [0.3, 0.4) is 0 Å². The Hall–Kier alpha value is -2.02. The van der Waals surface area contributed by atoms with E-state index in [9.17, 15) is 14.5 Å². The van der Waals surface area contributed by atoms with Crippen molar-refractivity contribution in [3.05, 3.63) is 62.6 Å². The number of anilines is 1. The minimum absolute atomic E-state index is 0.00242. The first kappa shape index (κ1) is 15.4. The maximum Gasteiger partial charge on any atom is 0.271 e. The molecule has 0 aliphatic heterocycles. The fourth-order valence-corrected chi connectivity index (χ4v) is 2.26. The number of hydrogen-bond donors (Lipinski definition) is 1. The second-order valence-electron chi connectivity index (χ2n) is 4.43. The number of hydrogen-bond acceptors (Lipinski definition) is 4. The zero-order chi connectivity index (χ0) is 15.4. The maximum atomic E-state index is 12.9. The van der Waals surface area contributed by atoms with Crippen LogP contribution >= 0.6 is 15.9 Å². The summed E-state index contributed by atoms with van der Waals surface area (Å²) in [5, 5.41) is 14.0. The third kappa shape index (κ3) is 3.75. The summed E-state index contributed by atoms with van der Waals surface area (Å²) in [6.07, 6.45) is 1.86. The number of pyridine rings is 1. The summed E-state index contributed by atoms with van der Waals surface area (Å²) >= 11 is 3.36. The number of halogens is 2. The molecule has 7 heteroatoms. The Bertz CT molecular complexity index is 649. The van der Waals surface area contributed by atoms with Crippen molar-refractivity contribution in [2.75, 3.05) is 5.32 Å². The molecule has 1 unspecified atom stereocenters. The summed E-state index contributed by atoms with van der Waals surface area (Å²) in [7, 11) is 0. The van der Waals surface area contributed by atoms with Crippen molar-refractivity contribution in [1.29, 1.82) is 0 Å². The third-order valence-electron chi connectivity index (χ3n) is 3.01. The highest BCUT2D eigenvalue weighted by Gasteiger charge is 2.15. The third-order valence-corrected chi connectivity index (χ3v) is 3.70. The van der Waals surface area contributed by atoms with E-state index in [2.05, 4.69) is 26.2 Å². The van der Waals surface area contributed by atoms with Gasteiger partial charge in [-0.25, -0.2) is 4.39 Å². The number of rotatable bonds is 5. The average Bonchev–Trinajstić information content (AvgIpc) is 2.47. The largest absolute Gasteiger partial charge is 0.376 e. The standard InChI is InChI=1S/C14H13BrFN3O2/c1-2-12(13-6-3-9(16)8-17-13)18-14-7-10(19(20)21)4-5-11(14)15/h3-8,12,18H,2H2,1H3. The van der Waals surface area contributed by atoms with E-state index in [1.165, 1.54) is 18.2 Å². The molecule has 1 N–H and O–H groups in total. The van der Waals surface area contributed by atoms with Crippen molar-refractivity contribution in [3.8, 4) is 0 Å². The van der Waals surface area contributed by atoms with Gasteiger partial charge in [0.25, 0.3) is 5.69 Å². The average molecular weight is 354 g/mol. The Morgan fingerprint density at radius 3 is 2.76 bits per heavy atom. The van der Waals surface area contributed by atoms with Gasteiger partial charge in [-0.05, 0) is 40.5 Å². The molecule has 0 saturated carbocycles. The SMILES string of the molecule is CCC(Nc1cc([N+](=O)[O-])ccc1Br)c1ccc(F)cn1. The van der Waals surface area contributed by atoms with Gasteiger partial charge in [0.05, 0.1) is 28.5 Å². The molecule has 0 spiro atoms. The molecule has 5 nitrogen and oxygen atoms in total. The van der Waals surface area contributed by atoms with Gasteiger partial charge >= 0.3 is 0 Å². The van der Waals surface area contributed by atoms with Crippen molar-refractivity contribution in [2.24, 2.45) is 0 Å². The van der Waals surface area contributed by atoms with Gasteiger partial charge in [-0.15, -0.1) is 0 Å². The minimum atomic E-state index is -0.450. The molecule has 0 saturated heterocycles. The molecule has 0 bridgehead atoms. The molecule has 1 aromatic heterocycles. The summed E-state index contributed by atoms with van der Waals surface area (Å²) in [5.41, 5.74) is 1.28. The van der Waals surface area contributed by atoms with Crippen molar-refractivity contribution in [3.63, 3.8) is 0 Å². The summed E-state index contributed by atoms with van der Waals surface area (Å²) in [6.45, 7) is 1.95. The highest BCUT2D eigenvalue weighted by molar-refractivity contribution is 9.10. The van der Waals surface area contributed by atoms with Crippen LogP contribution in [-0.4, -0.2) is 9.91 Å². The molecule has 2 rings (SSSR count). The van der Waals surface area contributed by atoms with Crippen LogP contribution in [0.25, 0.3) is 0 Å². The van der Waals surface area contributed by atoms with Crippen LogP contribution in [-0.2, 0) is 0 Å². The number of non-ortho nitro benzene ring substituents is 1. The smallest absolute Gasteiger partial charge is 0.271 e. The lowest BCUT2D eigenvalue weighted by molar-refractivity contribution is -0.384. The Balaban J connectivity index is 2.28. The molecule has 21 heavy (non-hydrogen) atoms. The minimum Gasteiger partial charge on any atom is -0.376 e. The number of nitrogens with one attached hydrogen (secondary N) is 1. The molecule has 2 aromatic rings. The Labute approximate surface area is 129 Å². The normalized spacial score (nSPS) is 12.0. The molecule has 0 radical (unpaired) electrons. The quantitative estimate of drug-likeness (QED) is 0.636. The van der Waals surface area contributed by atoms with Gasteiger partial charge in [-0.3, -0.25) is 15.1 Å². The van der Waals surface area contributed by atoms with Crippen molar-refractivity contribution in [1.82, 2.24) is 4.98 Å². The topological polar surface area (TPSA) is 68.1 Å². The summed E-state index contributed by atoms with van der Waals surface area (Å²) in [5.74, 6) is -0.398. The molecular formula is C14H13BrFN3O2.